The molecule has 2 unspecified atom stereocenters. The molecule has 90 valence electrons. The fraction of sp³-hybridized carbons (Fsp3) is 0.750. The van der Waals surface area contributed by atoms with Crippen LogP contribution in [-0.2, 0) is 4.74 Å². The molecule has 16 heavy (non-hydrogen) atoms. The Labute approximate surface area is 101 Å². The summed E-state index contributed by atoms with van der Waals surface area (Å²) in [6.45, 7) is 5.26. The van der Waals surface area contributed by atoms with Gasteiger partial charge < -0.3 is 10.1 Å². The summed E-state index contributed by atoms with van der Waals surface area (Å²) in [7, 11) is 0. The van der Waals surface area contributed by atoms with Gasteiger partial charge in [-0.3, -0.25) is 4.98 Å². The molecule has 4 heteroatoms. The topological polar surface area (TPSA) is 34.1 Å². The normalized spacial score (nSPS) is 25.8. The second kappa shape index (κ2) is 6.33. The Morgan fingerprint density at radius 3 is 3.31 bits per heavy atom. The Balaban J connectivity index is 1.92. The lowest BCUT2D eigenvalue weighted by Gasteiger charge is -2.31. The molecule has 0 radical (unpaired) electrons. The molecule has 1 N–H and O–H groups in total. The van der Waals surface area contributed by atoms with Gasteiger partial charge in [0.15, 0.2) is 0 Å². The monoisotopic (exact) mass is 240 g/mol. The van der Waals surface area contributed by atoms with Gasteiger partial charge in [0, 0.05) is 25.3 Å². The molecule has 1 aliphatic heterocycles. The van der Waals surface area contributed by atoms with Gasteiger partial charge in [-0.15, -0.1) is 11.3 Å². The summed E-state index contributed by atoms with van der Waals surface area (Å²) >= 11 is 1.71. The Morgan fingerprint density at radius 1 is 1.62 bits per heavy atom. The molecule has 1 aromatic rings. The lowest BCUT2D eigenvalue weighted by molar-refractivity contribution is -0.0256. The van der Waals surface area contributed by atoms with Crippen molar-refractivity contribution in [3.05, 3.63) is 16.6 Å². The number of hydrogen-bond acceptors (Lipinski definition) is 4. The van der Waals surface area contributed by atoms with E-state index in [1.807, 2.05) is 11.7 Å². The van der Waals surface area contributed by atoms with Gasteiger partial charge in [0.25, 0.3) is 0 Å². The molecule has 0 bridgehead atoms. The van der Waals surface area contributed by atoms with Crippen LogP contribution in [0.2, 0.25) is 0 Å². The highest BCUT2D eigenvalue weighted by atomic mass is 32.1. The van der Waals surface area contributed by atoms with Gasteiger partial charge in [-0.05, 0) is 25.8 Å². The van der Waals surface area contributed by atoms with Crippen molar-refractivity contribution in [1.82, 2.24) is 10.3 Å². The van der Waals surface area contributed by atoms with E-state index in [-0.39, 0.29) is 6.10 Å². The molecule has 0 aromatic carbocycles. The molecule has 2 atom stereocenters. The minimum Gasteiger partial charge on any atom is -0.372 e. The molecule has 1 aliphatic rings. The Hall–Kier alpha value is -0.450. The summed E-state index contributed by atoms with van der Waals surface area (Å²) in [5.41, 5.74) is 1.89. The van der Waals surface area contributed by atoms with Crippen LogP contribution in [0.1, 0.15) is 37.2 Å². The molecule has 2 rings (SSSR count). The SMILES string of the molecule is CCCNCC1CCCOC1c1cncs1. The average Bonchev–Trinajstić information content (AvgIpc) is 2.83. The second-order valence-corrected chi connectivity index (χ2v) is 5.22. The molecule has 0 amide bonds. The van der Waals surface area contributed by atoms with Gasteiger partial charge in [0.05, 0.1) is 16.5 Å². The average molecular weight is 240 g/mol. The van der Waals surface area contributed by atoms with Gasteiger partial charge in [-0.1, -0.05) is 6.92 Å². The maximum Gasteiger partial charge on any atom is 0.0972 e. The highest BCUT2D eigenvalue weighted by molar-refractivity contribution is 7.09. The standard InChI is InChI=1S/C12H20N2OS/c1-2-5-13-7-10-4-3-6-15-12(10)11-8-14-9-16-11/h8-10,12-13H,2-7H2,1H3. The molecule has 0 spiro atoms. The molecule has 0 saturated carbocycles. The maximum atomic E-state index is 5.90. The van der Waals surface area contributed by atoms with Gasteiger partial charge in [-0.2, -0.15) is 0 Å². The number of hydrogen-bond donors (Lipinski definition) is 1. The summed E-state index contributed by atoms with van der Waals surface area (Å²) in [6.07, 6.45) is 5.87. The van der Waals surface area contributed by atoms with Crippen LogP contribution in [0.5, 0.6) is 0 Å². The van der Waals surface area contributed by atoms with E-state index in [0.717, 1.165) is 19.7 Å². The molecule has 0 aliphatic carbocycles. The Kier molecular flexibility index (Phi) is 4.75. The quantitative estimate of drug-likeness (QED) is 0.803. The van der Waals surface area contributed by atoms with E-state index in [4.69, 9.17) is 4.74 Å². The third-order valence-electron chi connectivity index (χ3n) is 3.01. The van der Waals surface area contributed by atoms with E-state index in [9.17, 15) is 0 Å². The zero-order chi connectivity index (χ0) is 11.2. The highest BCUT2D eigenvalue weighted by Gasteiger charge is 2.27. The highest BCUT2D eigenvalue weighted by Crippen LogP contribution is 2.34. The summed E-state index contributed by atoms with van der Waals surface area (Å²) in [5, 5.41) is 3.50. The molecular weight excluding hydrogens is 220 g/mol. The number of rotatable bonds is 5. The largest absolute Gasteiger partial charge is 0.372 e. The second-order valence-electron chi connectivity index (χ2n) is 4.30. The lowest BCUT2D eigenvalue weighted by Crippen LogP contribution is -2.31. The number of aromatic nitrogens is 1. The number of nitrogens with one attached hydrogen (secondary N) is 1. The fourth-order valence-electron chi connectivity index (χ4n) is 2.20. The first kappa shape index (κ1) is 12.0. The first-order chi connectivity index (χ1) is 7.92. The van der Waals surface area contributed by atoms with E-state index < -0.39 is 0 Å². The van der Waals surface area contributed by atoms with Gasteiger partial charge in [-0.25, -0.2) is 0 Å². The van der Waals surface area contributed by atoms with Crippen LogP contribution < -0.4 is 5.32 Å². The molecule has 1 fully saturated rings. The zero-order valence-electron chi connectivity index (χ0n) is 9.82. The van der Waals surface area contributed by atoms with Crippen LogP contribution in [0.3, 0.4) is 0 Å². The van der Waals surface area contributed by atoms with Crippen LogP contribution in [0.15, 0.2) is 11.7 Å². The number of ether oxygens (including phenoxy) is 1. The van der Waals surface area contributed by atoms with Crippen molar-refractivity contribution in [3.63, 3.8) is 0 Å². The van der Waals surface area contributed by atoms with Gasteiger partial charge in [0.2, 0.25) is 0 Å². The Morgan fingerprint density at radius 2 is 2.56 bits per heavy atom. The van der Waals surface area contributed by atoms with Crippen molar-refractivity contribution >= 4 is 11.3 Å². The third kappa shape index (κ3) is 3.03. The molecule has 1 aromatic heterocycles. The minimum absolute atomic E-state index is 0.269. The minimum atomic E-state index is 0.269. The summed E-state index contributed by atoms with van der Waals surface area (Å²) < 4.78 is 5.90. The van der Waals surface area contributed by atoms with Crippen LogP contribution in [-0.4, -0.2) is 24.7 Å². The van der Waals surface area contributed by atoms with Crippen LogP contribution >= 0.6 is 11.3 Å². The smallest absolute Gasteiger partial charge is 0.0972 e. The van der Waals surface area contributed by atoms with Gasteiger partial charge in [0.1, 0.15) is 0 Å². The summed E-state index contributed by atoms with van der Waals surface area (Å²) in [5.74, 6) is 0.612. The van der Waals surface area contributed by atoms with Crippen LogP contribution in [0.4, 0.5) is 0 Å². The summed E-state index contributed by atoms with van der Waals surface area (Å²) in [6, 6.07) is 0. The predicted octanol–water partition coefficient (Wildman–Crippen LogP) is 2.61. The molecule has 3 nitrogen and oxygen atoms in total. The van der Waals surface area contributed by atoms with E-state index in [0.29, 0.717) is 5.92 Å². The summed E-state index contributed by atoms with van der Waals surface area (Å²) in [4.78, 5) is 5.43. The zero-order valence-corrected chi connectivity index (χ0v) is 10.6. The molecule has 1 saturated heterocycles. The third-order valence-corrected chi connectivity index (χ3v) is 3.85. The maximum absolute atomic E-state index is 5.90. The van der Waals surface area contributed by atoms with E-state index in [1.165, 1.54) is 24.1 Å². The van der Waals surface area contributed by atoms with E-state index in [2.05, 4.69) is 17.2 Å². The first-order valence-electron chi connectivity index (χ1n) is 6.12. The van der Waals surface area contributed by atoms with Crippen molar-refractivity contribution in [2.45, 2.75) is 32.3 Å². The molecule has 2 heterocycles. The van der Waals surface area contributed by atoms with Crippen molar-refractivity contribution in [3.8, 4) is 0 Å². The first-order valence-corrected chi connectivity index (χ1v) is 7.00. The number of thiazole rings is 1. The van der Waals surface area contributed by atoms with Gasteiger partial charge >= 0.3 is 0 Å². The van der Waals surface area contributed by atoms with E-state index in [1.54, 1.807) is 11.3 Å². The number of nitrogens with zero attached hydrogens (tertiary/aromatic N) is 1. The predicted molar refractivity (Wildman–Crippen MR) is 66.7 cm³/mol. The van der Waals surface area contributed by atoms with Crippen molar-refractivity contribution < 1.29 is 4.74 Å². The van der Waals surface area contributed by atoms with Crippen molar-refractivity contribution in [2.24, 2.45) is 5.92 Å². The Bertz CT molecular complexity index is 289. The van der Waals surface area contributed by atoms with Crippen LogP contribution in [0.25, 0.3) is 0 Å². The van der Waals surface area contributed by atoms with Crippen LogP contribution in [0, 0.1) is 5.92 Å². The lowest BCUT2D eigenvalue weighted by atomic mass is 9.93. The fourth-order valence-corrected chi connectivity index (χ4v) is 2.96. The van der Waals surface area contributed by atoms with Crippen molar-refractivity contribution in [1.29, 1.82) is 0 Å². The van der Waals surface area contributed by atoms with Crippen molar-refractivity contribution in [2.75, 3.05) is 19.7 Å². The van der Waals surface area contributed by atoms with E-state index >= 15 is 0 Å². The molecular formula is C12H20N2OS.